The second kappa shape index (κ2) is 6.04. The Labute approximate surface area is 142 Å². The normalized spacial score (nSPS) is 13.2. The van der Waals surface area contributed by atoms with Gasteiger partial charge in [-0.15, -0.1) is 11.3 Å². The molecule has 0 saturated carbocycles. The monoisotopic (exact) mass is 344 g/mol. The van der Waals surface area contributed by atoms with Gasteiger partial charge in [-0.3, -0.25) is 14.5 Å². The summed E-state index contributed by atoms with van der Waals surface area (Å²) in [5.41, 5.74) is 1.14. The minimum Gasteiger partial charge on any atom is -0.322 e. The maximum Gasteiger partial charge on any atom is 0.321 e. The number of fused-ring (bicyclic) bond motifs is 1. The van der Waals surface area contributed by atoms with E-state index in [9.17, 15) is 14.4 Å². The number of carbonyl (C=O) groups is 3. The number of hydrogen-bond acceptors (Lipinski definition) is 5. The topological polar surface area (TPSA) is 82.6 Å². The lowest BCUT2D eigenvalue weighted by molar-refractivity contribution is 0.0693. The third-order valence-corrected chi connectivity index (χ3v) is 4.65. The second-order valence-corrected chi connectivity index (χ2v) is 6.88. The fourth-order valence-electron chi connectivity index (χ4n) is 2.44. The number of aromatic nitrogens is 1. The number of nitrogens with one attached hydrogen (secondary N) is 1. The number of anilines is 1. The van der Waals surface area contributed by atoms with Gasteiger partial charge in [0.05, 0.1) is 22.7 Å². The van der Waals surface area contributed by atoms with Crippen LogP contribution in [0, 0.1) is 6.92 Å². The van der Waals surface area contributed by atoms with Crippen LogP contribution in [-0.4, -0.2) is 46.7 Å². The fraction of sp³-hybridized carbons (Fsp3) is 0.250. The number of amides is 4. The number of rotatable bonds is 3. The van der Waals surface area contributed by atoms with E-state index in [-0.39, 0.29) is 17.8 Å². The quantitative estimate of drug-likeness (QED) is 0.867. The standard InChI is InChI=1S/C16H16N4O3S/c1-9-17-7-11(24-9)8-19(2)16(23)18-10-4-5-12-13(6-10)15(22)20(3)14(12)21/h4-7H,8H2,1-3H3,(H,18,23). The molecule has 8 heteroatoms. The van der Waals surface area contributed by atoms with Gasteiger partial charge in [0.25, 0.3) is 11.8 Å². The molecule has 124 valence electrons. The average molecular weight is 344 g/mol. The van der Waals surface area contributed by atoms with E-state index in [1.807, 2.05) is 6.92 Å². The van der Waals surface area contributed by atoms with E-state index in [2.05, 4.69) is 10.3 Å². The van der Waals surface area contributed by atoms with Gasteiger partial charge in [0, 0.05) is 30.9 Å². The van der Waals surface area contributed by atoms with E-state index in [0.717, 1.165) is 14.8 Å². The summed E-state index contributed by atoms with van der Waals surface area (Å²) in [6.45, 7) is 2.36. The van der Waals surface area contributed by atoms with Gasteiger partial charge in [0.15, 0.2) is 0 Å². The third kappa shape index (κ3) is 2.88. The Morgan fingerprint density at radius 1 is 1.29 bits per heavy atom. The van der Waals surface area contributed by atoms with Crippen LogP contribution < -0.4 is 5.32 Å². The van der Waals surface area contributed by atoms with Gasteiger partial charge in [0.2, 0.25) is 0 Å². The molecule has 0 atom stereocenters. The summed E-state index contributed by atoms with van der Waals surface area (Å²) in [6.07, 6.45) is 1.75. The zero-order valence-corrected chi connectivity index (χ0v) is 14.3. The molecule has 4 amide bonds. The highest BCUT2D eigenvalue weighted by atomic mass is 32.1. The van der Waals surface area contributed by atoms with E-state index in [4.69, 9.17) is 0 Å². The minimum atomic E-state index is -0.361. The highest BCUT2D eigenvalue weighted by Crippen LogP contribution is 2.25. The van der Waals surface area contributed by atoms with Crippen LogP contribution in [0.1, 0.15) is 30.6 Å². The van der Waals surface area contributed by atoms with Crippen molar-refractivity contribution in [3.63, 3.8) is 0 Å². The molecule has 1 aromatic carbocycles. The summed E-state index contributed by atoms with van der Waals surface area (Å²) in [5.74, 6) is -0.690. The molecule has 3 rings (SSSR count). The molecule has 1 aliphatic rings. The lowest BCUT2D eigenvalue weighted by Gasteiger charge is -2.17. The van der Waals surface area contributed by atoms with Crippen LogP contribution in [0.25, 0.3) is 0 Å². The van der Waals surface area contributed by atoms with Crippen LogP contribution in [0.15, 0.2) is 24.4 Å². The summed E-state index contributed by atoms with van der Waals surface area (Å²) in [4.78, 5) is 43.9. The highest BCUT2D eigenvalue weighted by molar-refractivity contribution is 7.11. The Kier molecular flexibility index (Phi) is 4.06. The van der Waals surface area contributed by atoms with Crippen LogP contribution in [0.2, 0.25) is 0 Å². The Balaban J connectivity index is 1.71. The van der Waals surface area contributed by atoms with Crippen molar-refractivity contribution in [2.75, 3.05) is 19.4 Å². The first kappa shape index (κ1) is 16.1. The Bertz CT molecular complexity index is 846. The van der Waals surface area contributed by atoms with Crippen LogP contribution in [-0.2, 0) is 6.54 Å². The predicted octanol–water partition coefficient (Wildman–Crippen LogP) is 2.34. The van der Waals surface area contributed by atoms with Crippen LogP contribution >= 0.6 is 11.3 Å². The highest BCUT2D eigenvalue weighted by Gasteiger charge is 2.32. The number of hydrogen-bond donors (Lipinski definition) is 1. The van der Waals surface area contributed by atoms with Gasteiger partial charge in [-0.1, -0.05) is 0 Å². The van der Waals surface area contributed by atoms with Crippen molar-refractivity contribution in [2.24, 2.45) is 0 Å². The van der Waals surface area contributed by atoms with Crippen LogP contribution in [0.4, 0.5) is 10.5 Å². The molecular formula is C16H16N4O3S. The van der Waals surface area contributed by atoms with Gasteiger partial charge in [0.1, 0.15) is 0 Å². The minimum absolute atomic E-state index is 0.300. The summed E-state index contributed by atoms with van der Waals surface area (Å²) in [7, 11) is 3.12. The molecule has 0 aliphatic carbocycles. The number of carbonyl (C=O) groups excluding carboxylic acids is 3. The molecule has 1 aliphatic heterocycles. The molecule has 2 aromatic rings. The maximum absolute atomic E-state index is 12.3. The number of thiazole rings is 1. The van der Waals surface area contributed by atoms with E-state index >= 15 is 0 Å². The molecular weight excluding hydrogens is 328 g/mol. The van der Waals surface area contributed by atoms with Gasteiger partial charge >= 0.3 is 6.03 Å². The van der Waals surface area contributed by atoms with E-state index in [1.54, 1.807) is 25.4 Å². The molecule has 1 N–H and O–H groups in total. The fourth-order valence-corrected chi connectivity index (χ4v) is 3.29. The van der Waals surface area contributed by atoms with Crippen molar-refractivity contribution >= 4 is 34.9 Å². The Morgan fingerprint density at radius 2 is 2.00 bits per heavy atom. The van der Waals surface area contributed by atoms with Crippen LogP contribution in [0.5, 0.6) is 0 Å². The molecule has 2 heterocycles. The van der Waals surface area contributed by atoms with Crippen molar-refractivity contribution in [2.45, 2.75) is 13.5 Å². The molecule has 7 nitrogen and oxygen atoms in total. The van der Waals surface area contributed by atoms with Crippen LogP contribution in [0.3, 0.4) is 0 Å². The van der Waals surface area contributed by atoms with Gasteiger partial charge in [-0.25, -0.2) is 9.78 Å². The lowest BCUT2D eigenvalue weighted by Crippen LogP contribution is -2.30. The van der Waals surface area contributed by atoms with Crippen molar-refractivity contribution in [3.05, 3.63) is 45.4 Å². The molecule has 0 spiro atoms. The average Bonchev–Trinajstić information content (AvgIpc) is 3.05. The van der Waals surface area contributed by atoms with E-state index < -0.39 is 0 Å². The molecule has 0 saturated heterocycles. The van der Waals surface area contributed by atoms with Gasteiger partial charge in [-0.2, -0.15) is 0 Å². The third-order valence-electron chi connectivity index (χ3n) is 3.75. The van der Waals surface area contributed by atoms with Crippen molar-refractivity contribution in [1.82, 2.24) is 14.8 Å². The van der Waals surface area contributed by atoms with Gasteiger partial charge < -0.3 is 10.2 Å². The molecule has 0 unspecified atom stereocenters. The smallest absolute Gasteiger partial charge is 0.321 e. The predicted molar refractivity (Wildman–Crippen MR) is 90.2 cm³/mol. The Hall–Kier alpha value is -2.74. The molecule has 24 heavy (non-hydrogen) atoms. The summed E-state index contributed by atoms with van der Waals surface area (Å²) >= 11 is 1.54. The van der Waals surface area contributed by atoms with Gasteiger partial charge in [-0.05, 0) is 25.1 Å². The molecule has 0 bridgehead atoms. The first-order valence-corrected chi connectivity index (χ1v) is 8.08. The second-order valence-electron chi connectivity index (χ2n) is 5.56. The molecule has 0 radical (unpaired) electrons. The SMILES string of the molecule is Cc1ncc(CN(C)C(=O)Nc2ccc3c(c2)C(=O)N(C)C3=O)s1. The number of aryl methyl sites for hydroxylation is 1. The zero-order valence-electron chi connectivity index (χ0n) is 13.5. The van der Waals surface area contributed by atoms with E-state index in [0.29, 0.717) is 23.4 Å². The first-order valence-electron chi connectivity index (χ1n) is 7.26. The van der Waals surface area contributed by atoms with Crippen molar-refractivity contribution < 1.29 is 14.4 Å². The summed E-state index contributed by atoms with van der Waals surface area (Å²) in [5, 5.41) is 3.69. The van der Waals surface area contributed by atoms with Crippen molar-refractivity contribution in [1.29, 1.82) is 0 Å². The lowest BCUT2D eigenvalue weighted by atomic mass is 10.1. The Morgan fingerprint density at radius 3 is 2.67 bits per heavy atom. The zero-order chi connectivity index (χ0) is 17.4. The summed E-state index contributed by atoms with van der Waals surface area (Å²) in [6, 6.07) is 4.40. The number of benzene rings is 1. The molecule has 1 aromatic heterocycles. The number of nitrogens with zero attached hydrogens (tertiary/aromatic N) is 3. The molecule has 0 fully saturated rings. The van der Waals surface area contributed by atoms with Crippen molar-refractivity contribution in [3.8, 4) is 0 Å². The number of imide groups is 1. The first-order chi connectivity index (χ1) is 11.4. The summed E-state index contributed by atoms with van der Waals surface area (Å²) < 4.78 is 0. The largest absolute Gasteiger partial charge is 0.322 e. The number of urea groups is 1. The van der Waals surface area contributed by atoms with E-state index in [1.165, 1.54) is 29.4 Å². The maximum atomic E-state index is 12.3.